The maximum absolute atomic E-state index is 13.3. The minimum absolute atomic E-state index is 0.0270. The van der Waals surface area contributed by atoms with Gasteiger partial charge in [0.1, 0.15) is 18.1 Å². The molecule has 0 spiro atoms. The number of rotatable bonds is 9. The molecule has 0 radical (unpaired) electrons. The fourth-order valence-electron chi connectivity index (χ4n) is 3.41. The van der Waals surface area contributed by atoms with Gasteiger partial charge in [-0.3, -0.25) is 9.10 Å². The van der Waals surface area contributed by atoms with E-state index in [1.54, 1.807) is 44.3 Å². The lowest BCUT2D eigenvalue weighted by atomic mass is 10.1. The number of ether oxygens (including phenoxy) is 2. The first-order valence-electron chi connectivity index (χ1n) is 10.8. The van der Waals surface area contributed by atoms with Gasteiger partial charge in [0.05, 0.1) is 24.2 Å². The minimum atomic E-state index is -3.92. The Labute approximate surface area is 201 Å². The zero-order chi connectivity index (χ0) is 24.9. The molecule has 0 unspecified atom stereocenters. The molecule has 3 aromatic carbocycles. The van der Waals surface area contributed by atoms with Gasteiger partial charge in [-0.15, -0.1) is 0 Å². The van der Waals surface area contributed by atoms with Crippen molar-refractivity contribution >= 4 is 21.6 Å². The van der Waals surface area contributed by atoms with E-state index in [1.165, 1.54) is 31.2 Å². The van der Waals surface area contributed by atoms with E-state index >= 15 is 0 Å². The van der Waals surface area contributed by atoms with Gasteiger partial charge in [0, 0.05) is 19.7 Å². The highest BCUT2D eigenvalue weighted by Crippen LogP contribution is 2.31. The van der Waals surface area contributed by atoms with E-state index in [-0.39, 0.29) is 10.8 Å². The second-order valence-corrected chi connectivity index (χ2v) is 9.98. The van der Waals surface area contributed by atoms with Crippen molar-refractivity contribution in [1.82, 2.24) is 4.90 Å². The van der Waals surface area contributed by atoms with Crippen molar-refractivity contribution in [3.63, 3.8) is 0 Å². The number of para-hydroxylation sites is 2. The number of aryl methyl sites for hydroxylation is 2. The maximum Gasteiger partial charge on any atom is 0.264 e. The SMILES string of the molecule is COc1ccccc1N(C)S(=O)(=O)c1ccc(C)c(C(=O)N(C)CCOc2ccc(C)cc2)c1. The first kappa shape index (κ1) is 25.1. The van der Waals surface area contributed by atoms with E-state index in [0.717, 1.165) is 15.6 Å². The normalized spacial score (nSPS) is 11.1. The first-order chi connectivity index (χ1) is 16.1. The van der Waals surface area contributed by atoms with Crippen LogP contribution < -0.4 is 13.8 Å². The van der Waals surface area contributed by atoms with Gasteiger partial charge in [-0.05, 0) is 55.8 Å². The lowest BCUT2D eigenvalue weighted by Crippen LogP contribution is -2.32. The first-order valence-corrected chi connectivity index (χ1v) is 12.3. The van der Waals surface area contributed by atoms with Crippen molar-refractivity contribution in [2.45, 2.75) is 18.7 Å². The molecule has 0 heterocycles. The lowest BCUT2D eigenvalue weighted by molar-refractivity contribution is 0.0773. The summed E-state index contributed by atoms with van der Waals surface area (Å²) in [6, 6.07) is 19.1. The molecule has 7 nitrogen and oxygen atoms in total. The van der Waals surface area contributed by atoms with E-state index in [2.05, 4.69) is 0 Å². The summed E-state index contributed by atoms with van der Waals surface area (Å²) in [5, 5.41) is 0. The molecule has 0 atom stereocenters. The van der Waals surface area contributed by atoms with E-state index in [4.69, 9.17) is 9.47 Å². The highest BCUT2D eigenvalue weighted by Gasteiger charge is 2.26. The summed E-state index contributed by atoms with van der Waals surface area (Å²) in [6.45, 7) is 4.45. The predicted molar refractivity (Wildman–Crippen MR) is 133 cm³/mol. The fraction of sp³-hybridized carbons (Fsp3) is 0.269. The molecule has 0 bridgehead atoms. The Morgan fingerprint density at radius 1 is 0.941 bits per heavy atom. The number of amides is 1. The van der Waals surface area contributed by atoms with Crippen LogP contribution in [-0.2, 0) is 10.0 Å². The standard InChI is InChI=1S/C26H30N2O5S/c1-19-10-13-21(14-11-19)33-17-16-27(3)26(29)23-18-22(15-12-20(23)2)34(30,31)28(4)24-8-6-7-9-25(24)32-5/h6-15,18H,16-17H2,1-5H3. The summed E-state index contributed by atoms with van der Waals surface area (Å²) in [7, 11) is 0.695. The molecule has 1 amide bonds. The van der Waals surface area contributed by atoms with Crippen LogP contribution in [0.25, 0.3) is 0 Å². The van der Waals surface area contributed by atoms with Crippen LogP contribution in [0.2, 0.25) is 0 Å². The third kappa shape index (κ3) is 5.51. The number of likely N-dealkylation sites (N-methyl/N-ethyl adjacent to an activating group) is 1. The Kier molecular flexibility index (Phi) is 7.83. The molecular weight excluding hydrogens is 452 g/mol. The summed E-state index contributed by atoms with van der Waals surface area (Å²) in [5.74, 6) is 0.891. The van der Waals surface area contributed by atoms with Crippen LogP contribution >= 0.6 is 0 Å². The number of carbonyl (C=O) groups excluding carboxylic acids is 1. The van der Waals surface area contributed by atoms with Crippen molar-refractivity contribution in [2.75, 3.05) is 38.7 Å². The lowest BCUT2D eigenvalue weighted by Gasteiger charge is -2.23. The molecular formula is C26H30N2O5S. The highest BCUT2D eigenvalue weighted by molar-refractivity contribution is 7.92. The van der Waals surface area contributed by atoms with Gasteiger partial charge in [0.2, 0.25) is 0 Å². The number of hydrogen-bond acceptors (Lipinski definition) is 5. The smallest absolute Gasteiger partial charge is 0.264 e. The summed E-state index contributed by atoms with van der Waals surface area (Å²) < 4.78 is 38.9. The summed E-state index contributed by atoms with van der Waals surface area (Å²) in [6.07, 6.45) is 0. The van der Waals surface area contributed by atoms with Crippen LogP contribution in [0.4, 0.5) is 5.69 Å². The Morgan fingerprint density at radius 3 is 2.29 bits per heavy atom. The number of nitrogens with zero attached hydrogens (tertiary/aromatic N) is 2. The molecule has 0 aliphatic carbocycles. The Morgan fingerprint density at radius 2 is 1.62 bits per heavy atom. The fourth-order valence-corrected chi connectivity index (χ4v) is 4.64. The molecule has 0 aliphatic rings. The van der Waals surface area contributed by atoms with Gasteiger partial charge < -0.3 is 14.4 Å². The van der Waals surface area contributed by atoms with Gasteiger partial charge in [-0.25, -0.2) is 8.42 Å². The second kappa shape index (κ2) is 10.6. The minimum Gasteiger partial charge on any atom is -0.495 e. The number of carbonyl (C=O) groups is 1. The zero-order valence-electron chi connectivity index (χ0n) is 20.1. The number of benzene rings is 3. The van der Waals surface area contributed by atoms with E-state index < -0.39 is 10.0 Å². The van der Waals surface area contributed by atoms with Crippen LogP contribution in [0, 0.1) is 13.8 Å². The maximum atomic E-state index is 13.3. The molecule has 34 heavy (non-hydrogen) atoms. The molecule has 0 aliphatic heterocycles. The van der Waals surface area contributed by atoms with Gasteiger partial charge in [0.25, 0.3) is 15.9 Å². The quantitative estimate of drug-likeness (QED) is 0.455. The largest absolute Gasteiger partial charge is 0.495 e. The number of anilines is 1. The molecule has 0 saturated heterocycles. The van der Waals surface area contributed by atoms with Crippen LogP contribution in [-0.4, -0.2) is 53.6 Å². The van der Waals surface area contributed by atoms with Crippen molar-refractivity contribution < 1.29 is 22.7 Å². The average Bonchev–Trinajstić information content (AvgIpc) is 2.84. The summed E-state index contributed by atoms with van der Waals surface area (Å²) >= 11 is 0. The molecule has 3 rings (SSSR count). The number of sulfonamides is 1. The van der Waals surface area contributed by atoms with Crippen molar-refractivity contribution in [3.8, 4) is 11.5 Å². The van der Waals surface area contributed by atoms with Crippen LogP contribution in [0.1, 0.15) is 21.5 Å². The highest BCUT2D eigenvalue weighted by atomic mass is 32.2. The van der Waals surface area contributed by atoms with Crippen molar-refractivity contribution in [1.29, 1.82) is 0 Å². The van der Waals surface area contributed by atoms with Crippen molar-refractivity contribution in [3.05, 3.63) is 83.4 Å². The van der Waals surface area contributed by atoms with E-state index in [0.29, 0.717) is 35.7 Å². The molecule has 3 aromatic rings. The van der Waals surface area contributed by atoms with Gasteiger partial charge in [-0.2, -0.15) is 0 Å². The van der Waals surface area contributed by atoms with Crippen molar-refractivity contribution in [2.24, 2.45) is 0 Å². The van der Waals surface area contributed by atoms with Crippen LogP contribution in [0.3, 0.4) is 0 Å². The zero-order valence-corrected chi connectivity index (χ0v) is 20.9. The van der Waals surface area contributed by atoms with E-state index in [1.807, 2.05) is 31.2 Å². The molecule has 0 fully saturated rings. The van der Waals surface area contributed by atoms with Crippen LogP contribution in [0.5, 0.6) is 11.5 Å². The second-order valence-electron chi connectivity index (χ2n) is 8.01. The third-order valence-electron chi connectivity index (χ3n) is 5.59. The summed E-state index contributed by atoms with van der Waals surface area (Å²) in [4.78, 5) is 14.7. The molecule has 0 aromatic heterocycles. The number of hydrogen-bond donors (Lipinski definition) is 0. The van der Waals surface area contributed by atoms with Crippen LogP contribution in [0.15, 0.2) is 71.6 Å². The van der Waals surface area contributed by atoms with E-state index in [9.17, 15) is 13.2 Å². The van der Waals surface area contributed by atoms with Gasteiger partial charge in [0.15, 0.2) is 0 Å². The Balaban J connectivity index is 1.77. The molecule has 180 valence electrons. The average molecular weight is 483 g/mol. The van der Waals surface area contributed by atoms with Gasteiger partial charge in [-0.1, -0.05) is 35.9 Å². The monoisotopic (exact) mass is 482 g/mol. The predicted octanol–water partition coefficient (Wildman–Crippen LogP) is 4.29. The Hall–Kier alpha value is -3.52. The number of methoxy groups -OCH3 is 1. The molecule has 0 N–H and O–H groups in total. The topological polar surface area (TPSA) is 76.2 Å². The summed E-state index contributed by atoms with van der Waals surface area (Å²) in [5.41, 5.74) is 2.56. The molecule has 0 saturated carbocycles. The Bertz CT molecular complexity index is 1260. The molecule has 8 heteroatoms. The third-order valence-corrected chi connectivity index (χ3v) is 7.35. The van der Waals surface area contributed by atoms with Gasteiger partial charge >= 0.3 is 0 Å².